The Balaban J connectivity index is 2.50. The zero-order valence-electron chi connectivity index (χ0n) is 12.6. The van der Waals surface area contributed by atoms with Gasteiger partial charge in [-0.3, -0.25) is 4.79 Å². The number of hydrogen-bond donors (Lipinski definition) is 2. The van der Waals surface area contributed by atoms with E-state index in [4.69, 9.17) is 0 Å². The lowest BCUT2D eigenvalue weighted by atomic mass is 9.97. The van der Waals surface area contributed by atoms with Crippen LogP contribution in [0.4, 0.5) is 11.4 Å². The Kier molecular flexibility index (Phi) is 5.36. The number of carbonyl (C=O) groups is 1. The van der Waals surface area contributed by atoms with Gasteiger partial charge in [-0.15, -0.1) is 0 Å². The molecule has 0 aromatic heterocycles. The van der Waals surface area contributed by atoms with E-state index in [1.807, 2.05) is 43.3 Å². The van der Waals surface area contributed by atoms with E-state index >= 15 is 0 Å². The van der Waals surface area contributed by atoms with Crippen molar-refractivity contribution in [2.45, 2.75) is 20.8 Å². The van der Waals surface area contributed by atoms with Gasteiger partial charge >= 0.3 is 0 Å². The van der Waals surface area contributed by atoms with Crippen LogP contribution < -0.4 is 10.6 Å². The molecule has 1 rings (SSSR count). The number of benzene rings is 1. The summed E-state index contributed by atoms with van der Waals surface area (Å²) in [5.41, 5.74) is 2.15. The van der Waals surface area contributed by atoms with E-state index in [1.165, 1.54) is 0 Å². The molecule has 0 bridgehead atoms. The highest BCUT2D eigenvalue weighted by atomic mass is 16.2. The standard InChI is InChI=1S/C15H25N3O/c1-15(2,3)11-16-12-6-8-13(9-7-12)17-14(19)10-18(4)5/h6-9,16H,10-11H2,1-5H3,(H,17,19). The van der Waals surface area contributed by atoms with Crippen molar-refractivity contribution in [3.05, 3.63) is 24.3 Å². The van der Waals surface area contributed by atoms with E-state index in [0.29, 0.717) is 6.54 Å². The van der Waals surface area contributed by atoms with Gasteiger partial charge in [0.2, 0.25) is 5.91 Å². The van der Waals surface area contributed by atoms with Crippen LogP contribution in [0, 0.1) is 5.41 Å². The van der Waals surface area contributed by atoms with E-state index in [-0.39, 0.29) is 11.3 Å². The molecule has 0 unspecified atom stereocenters. The number of amides is 1. The zero-order chi connectivity index (χ0) is 14.5. The van der Waals surface area contributed by atoms with Crippen LogP contribution in [0.3, 0.4) is 0 Å². The summed E-state index contributed by atoms with van der Waals surface area (Å²) in [6, 6.07) is 7.80. The largest absolute Gasteiger partial charge is 0.385 e. The first-order valence-electron chi connectivity index (χ1n) is 6.55. The molecular weight excluding hydrogens is 238 g/mol. The minimum absolute atomic E-state index is 0.000371. The summed E-state index contributed by atoms with van der Waals surface area (Å²) < 4.78 is 0. The van der Waals surface area contributed by atoms with E-state index in [1.54, 1.807) is 0 Å². The maximum absolute atomic E-state index is 11.6. The fourth-order valence-corrected chi connectivity index (χ4v) is 1.53. The summed E-state index contributed by atoms with van der Waals surface area (Å²) >= 11 is 0. The minimum Gasteiger partial charge on any atom is -0.385 e. The van der Waals surface area contributed by atoms with Gasteiger partial charge in [-0.1, -0.05) is 20.8 Å². The van der Waals surface area contributed by atoms with Crippen LogP contribution in [-0.4, -0.2) is 38.0 Å². The molecule has 4 heteroatoms. The monoisotopic (exact) mass is 263 g/mol. The lowest BCUT2D eigenvalue weighted by Gasteiger charge is -2.19. The lowest BCUT2D eigenvalue weighted by Crippen LogP contribution is -2.27. The summed E-state index contributed by atoms with van der Waals surface area (Å²) in [4.78, 5) is 13.4. The number of nitrogens with one attached hydrogen (secondary N) is 2. The first-order valence-corrected chi connectivity index (χ1v) is 6.55. The second kappa shape index (κ2) is 6.57. The predicted octanol–water partition coefficient (Wildman–Crippen LogP) is 2.64. The number of hydrogen-bond acceptors (Lipinski definition) is 3. The van der Waals surface area contributed by atoms with Gasteiger partial charge < -0.3 is 15.5 Å². The smallest absolute Gasteiger partial charge is 0.238 e. The van der Waals surface area contributed by atoms with Crippen LogP contribution in [0.25, 0.3) is 0 Å². The summed E-state index contributed by atoms with van der Waals surface area (Å²) in [6.45, 7) is 7.88. The summed E-state index contributed by atoms with van der Waals surface area (Å²) in [5, 5.41) is 6.24. The molecule has 0 atom stereocenters. The Morgan fingerprint density at radius 1 is 1.11 bits per heavy atom. The minimum atomic E-state index is 0.000371. The Morgan fingerprint density at radius 3 is 2.11 bits per heavy atom. The van der Waals surface area contributed by atoms with Gasteiger partial charge in [-0.2, -0.15) is 0 Å². The fourth-order valence-electron chi connectivity index (χ4n) is 1.53. The van der Waals surface area contributed by atoms with Gasteiger partial charge in [0.05, 0.1) is 6.54 Å². The van der Waals surface area contributed by atoms with Crippen molar-refractivity contribution >= 4 is 17.3 Å². The number of anilines is 2. The molecule has 0 radical (unpaired) electrons. The van der Waals surface area contributed by atoms with E-state index < -0.39 is 0 Å². The third-order valence-electron chi connectivity index (χ3n) is 2.45. The summed E-state index contributed by atoms with van der Waals surface area (Å²) in [7, 11) is 3.75. The molecule has 0 aliphatic rings. The molecule has 0 saturated heterocycles. The fraction of sp³-hybridized carbons (Fsp3) is 0.533. The third-order valence-corrected chi connectivity index (χ3v) is 2.45. The van der Waals surface area contributed by atoms with Crippen LogP contribution in [0.1, 0.15) is 20.8 Å². The highest BCUT2D eigenvalue weighted by Crippen LogP contribution is 2.17. The first-order chi connectivity index (χ1) is 8.76. The Labute approximate surface area is 116 Å². The Bertz CT molecular complexity index is 404. The van der Waals surface area contributed by atoms with Crippen LogP contribution >= 0.6 is 0 Å². The maximum atomic E-state index is 11.6. The summed E-state index contributed by atoms with van der Waals surface area (Å²) in [6.07, 6.45) is 0. The van der Waals surface area contributed by atoms with Crippen LogP contribution in [0.15, 0.2) is 24.3 Å². The second-order valence-electron chi connectivity index (χ2n) is 6.28. The van der Waals surface area contributed by atoms with Gasteiger partial charge in [-0.25, -0.2) is 0 Å². The van der Waals surface area contributed by atoms with Gasteiger partial charge in [-0.05, 0) is 43.8 Å². The average Bonchev–Trinajstić information content (AvgIpc) is 2.26. The average molecular weight is 263 g/mol. The number of nitrogens with zero attached hydrogens (tertiary/aromatic N) is 1. The molecule has 19 heavy (non-hydrogen) atoms. The molecular formula is C15H25N3O. The topological polar surface area (TPSA) is 44.4 Å². The molecule has 1 aromatic carbocycles. The molecule has 0 saturated carbocycles. The molecule has 0 aliphatic carbocycles. The van der Waals surface area contributed by atoms with Crippen molar-refractivity contribution in [3.63, 3.8) is 0 Å². The Hall–Kier alpha value is -1.55. The van der Waals surface area contributed by atoms with Crippen LogP contribution in [0.5, 0.6) is 0 Å². The van der Waals surface area contributed by atoms with Crippen LogP contribution in [-0.2, 0) is 4.79 Å². The SMILES string of the molecule is CN(C)CC(=O)Nc1ccc(NCC(C)(C)C)cc1. The van der Waals surface area contributed by atoms with Crippen LogP contribution in [0.2, 0.25) is 0 Å². The molecule has 0 aliphatic heterocycles. The third kappa shape index (κ3) is 6.82. The number of likely N-dealkylation sites (N-methyl/N-ethyl adjacent to an activating group) is 1. The molecule has 106 valence electrons. The lowest BCUT2D eigenvalue weighted by molar-refractivity contribution is -0.116. The zero-order valence-corrected chi connectivity index (χ0v) is 12.6. The maximum Gasteiger partial charge on any atom is 0.238 e. The predicted molar refractivity (Wildman–Crippen MR) is 81.6 cm³/mol. The van der Waals surface area contributed by atoms with E-state index in [2.05, 4.69) is 31.4 Å². The molecule has 1 aromatic rings. The van der Waals surface area contributed by atoms with Crippen molar-refractivity contribution in [2.24, 2.45) is 5.41 Å². The Morgan fingerprint density at radius 2 is 1.63 bits per heavy atom. The summed E-state index contributed by atoms with van der Waals surface area (Å²) in [5.74, 6) is 0.000371. The van der Waals surface area contributed by atoms with Crippen molar-refractivity contribution in [2.75, 3.05) is 37.8 Å². The normalized spacial score (nSPS) is 11.5. The molecule has 0 spiro atoms. The van der Waals surface area contributed by atoms with Crippen molar-refractivity contribution in [1.82, 2.24) is 4.90 Å². The van der Waals surface area contributed by atoms with E-state index in [0.717, 1.165) is 17.9 Å². The van der Waals surface area contributed by atoms with Gasteiger partial charge in [0, 0.05) is 17.9 Å². The molecule has 0 fully saturated rings. The molecule has 0 heterocycles. The first kappa shape index (κ1) is 15.5. The van der Waals surface area contributed by atoms with E-state index in [9.17, 15) is 4.79 Å². The van der Waals surface area contributed by atoms with Crippen molar-refractivity contribution in [3.8, 4) is 0 Å². The van der Waals surface area contributed by atoms with Gasteiger partial charge in [0.25, 0.3) is 0 Å². The molecule has 2 N–H and O–H groups in total. The van der Waals surface area contributed by atoms with Crippen molar-refractivity contribution < 1.29 is 4.79 Å². The highest BCUT2D eigenvalue weighted by molar-refractivity contribution is 5.92. The molecule has 4 nitrogen and oxygen atoms in total. The van der Waals surface area contributed by atoms with Crippen molar-refractivity contribution in [1.29, 1.82) is 0 Å². The number of carbonyl (C=O) groups excluding carboxylic acids is 1. The quantitative estimate of drug-likeness (QED) is 0.858. The van der Waals surface area contributed by atoms with Gasteiger partial charge in [0.15, 0.2) is 0 Å². The number of rotatable bonds is 5. The second-order valence-corrected chi connectivity index (χ2v) is 6.28. The molecule has 1 amide bonds. The highest BCUT2D eigenvalue weighted by Gasteiger charge is 2.09. The van der Waals surface area contributed by atoms with Gasteiger partial charge in [0.1, 0.15) is 0 Å².